The summed E-state index contributed by atoms with van der Waals surface area (Å²) in [5, 5.41) is 3.86. The van der Waals surface area contributed by atoms with Crippen LogP contribution in [0, 0.1) is 0 Å². The van der Waals surface area contributed by atoms with Gasteiger partial charge in [0, 0.05) is 6.20 Å². The number of hydrogen-bond donors (Lipinski definition) is 1. The van der Waals surface area contributed by atoms with Gasteiger partial charge in [-0.15, -0.1) is 0 Å². The Balaban J connectivity index is 1.69. The van der Waals surface area contributed by atoms with Crippen molar-refractivity contribution in [2.45, 2.75) is 6.61 Å². The molecule has 0 atom stereocenters. The van der Waals surface area contributed by atoms with Crippen molar-refractivity contribution in [1.29, 1.82) is 0 Å². The lowest BCUT2D eigenvalue weighted by Gasteiger charge is -2.01. The Morgan fingerprint density at radius 2 is 1.95 bits per heavy atom. The molecule has 0 fully saturated rings. The normalized spacial score (nSPS) is 10.4. The van der Waals surface area contributed by atoms with E-state index in [0.717, 1.165) is 11.3 Å². The van der Waals surface area contributed by atoms with Crippen LogP contribution in [-0.2, 0) is 6.61 Å². The van der Waals surface area contributed by atoms with Crippen LogP contribution < -0.4 is 10.5 Å². The summed E-state index contributed by atoms with van der Waals surface area (Å²) in [7, 11) is 0. The number of pyridine rings is 1. The van der Waals surface area contributed by atoms with Crippen molar-refractivity contribution in [2.24, 2.45) is 0 Å². The molecular weight excluding hydrogens is 256 g/mol. The molecule has 0 bridgehead atoms. The number of nitrogens with two attached hydrogens (primary N) is 1. The first-order valence-corrected chi connectivity index (χ1v) is 6.03. The third-order valence-corrected chi connectivity index (χ3v) is 2.61. The van der Waals surface area contributed by atoms with Crippen molar-refractivity contribution < 1.29 is 9.26 Å². The highest BCUT2D eigenvalue weighted by Gasteiger charge is 2.09. The topological polar surface area (TPSA) is 87.1 Å². The van der Waals surface area contributed by atoms with Crippen LogP contribution in [0.3, 0.4) is 0 Å². The van der Waals surface area contributed by atoms with E-state index in [-0.39, 0.29) is 6.61 Å². The van der Waals surface area contributed by atoms with Gasteiger partial charge >= 0.3 is 0 Å². The van der Waals surface area contributed by atoms with Crippen LogP contribution in [0.2, 0.25) is 0 Å². The highest BCUT2D eigenvalue weighted by Crippen LogP contribution is 2.17. The first-order valence-electron chi connectivity index (χ1n) is 6.03. The molecule has 6 nitrogen and oxygen atoms in total. The van der Waals surface area contributed by atoms with E-state index in [4.69, 9.17) is 15.0 Å². The summed E-state index contributed by atoms with van der Waals surface area (Å²) < 4.78 is 10.7. The van der Waals surface area contributed by atoms with Gasteiger partial charge in [-0.1, -0.05) is 23.4 Å². The van der Waals surface area contributed by atoms with Crippen LogP contribution in [-0.4, -0.2) is 15.1 Å². The van der Waals surface area contributed by atoms with Crippen molar-refractivity contribution >= 4 is 5.82 Å². The standard InChI is InChI=1S/C14H12N4O2/c15-12-7-6-10(8-16-12)14-17-13(18-20-14)9-19-11-4-2-1-3-5-11/h1-8H,9H2,(H2,15,16). The minimum atomic E-state index is 0.246. The molecule has 0 saturated carbocycles. The van der Waals surface area contributed by atoms with Gasteiger partial charge in [0.05, 0.1) is 5.56 Å². The fourth-order valence-corrected chi connectivity index (χ4v) is 1.63. The van der Waals surface area contributed by atoms with E-state index in [9.17, 15) is 0 Å². The molecule has 0 saturated heterocycles. The zero-order chi connectivity index (χ0) is 13.8. The molecule has 100 valence electrons. The summed E-state index contributed by atoms with van der Waals surface area (Å²) >= 11 is 0. The summed E-state index contributed by atoms with van der Waals surface area (Å²) in [5.74, 6) is 2.07. The van der Waals surface area contributed by atoms with Gasteiger partial charge in [0.2, 0.25) is 5.82 Å². The van der Waals surface area contributed by atoms with E-state index in [1.807, 2.05) is 30.3 Å². The second kappa shape index (κ2) is 5.40. The number of nitrogens with zero attached hydrogens (tertiary/aromatic N) is 3. The van der Waals surface area contributed by atoms with Crippen molar-refractivity contribution in [3.05, 3.63) is 54.5 Å². The Kier molecular flexibility index (Phi) is 3.28. The molecule has 0 spiro atoms. The average Bonchev–Trinajstić information content (AvgIpc) is 2.96. The number of rotatable bonds is 4. The van der Waals surface area contributed by atoms with Crippen LogP contribution in [0.5, 0.6) is 5.75 Å². The molecule has 0 aliphatic heterocycles. The van der Waals surface area contributed by atoms with Crippen LogP contribution >= 0.6 is 0 Å². The molecular formula is C14H12N4O2. The van der Waals surface area contributed by atoms with Crippen molar-refractivity contribution in [3.8, 4) is 17.2 Å². The number of hydrogen-bond acceptors (Lipinski definition) is 6. The second-order valence-corrected chi connectivity index (χ2v) is 4.09. The maximum Gasteiger partial charge on any atom is 0.259 e. The quantitative estimate of drug-likeness (QED) is 0.781. The Bertz CT molecular complexity index is 680. The van der Waals surface area contributed by atoms with E-state index < -0.39 is 0 Å². The van der Waals surface area contributed by atoms with Gasteiger partial charge in [0.25, 0.3) is 5.89 Å². The maximum atomic E-state index is 5.54. The van der Waals surface area contributed by atoms with Crippen LogP contribution in [0.25, 0.3) is 11.5 Å². The van der Waals surface area contributed by atoms with Gasteiger partial charge in [0.15, 0.2) is 6.61 Å². The van der Waals surface area contributed by atoms with E-state index in [2.05, 4.69) is 15.1 Å². The summed E-state index contributed by atoms with van der Waals surface area (Å²) in [5.41, 5.74) is 6.24. The number of aromatic nitrogens is 3. The molecule has 0 unspecified atom stereocenters. The summed E-state index contributed by atoms with van der Waals surface area (Å²) in [6, 6.07) is 12.9. The Morgan fingerprint density at radius 3 is 2.70 bits per heavy atom. The molecule has 3 aromatic rings. The second-order valence-electron chi connectivity index (χ2n) is 4.09. The molecule has 0 aliphatic rings. The van der Waals surface area contributed by atoms with Gasteiger partial charge < -0.3 is 15.0 Å². The van der Waals surface area contributed by atoms with Gasteiger partial charge in [-0.05, 0) is 24.3 Å². The first kappa shape index (κ1) is 12.2. The smallest absolute Gasteiger partial charge is 0.259 e. The molecule has 6 heteroatoms. The molecule has 0 radical (unpaired) electrons. The number of benzene rings is 1. The molecule has 0 aliphatic carbocycles. The fraction of sp³-hybridized carbons (Fsp3) is 0.0714. The van der Waals surface area contributed by atoms with Gasteiger partial charge in [-0.3, -0.25) is 0 Å². The van der Waals surface area contributed by atoms with Gasteiger partial charge in [0.1, 0.15) is 11.6 Å². The third-order valence-electron chi connectivity index (χ3n) is 2.61. The highest BCUT2D eigenvalue weighted by atomic mass is 16.5. The Hall–Kier alpha value is -2.89. The summed E-state index contributed by atoms with van der Waals surface area (Å²) in [6.45, 7) is 0.246. The SMILES string of the molecule is Nc1ccc(-c2nc(COc3ccccc3)no2)cn1. The number of nitrogen functional groups attached to an aromatic ring is 1. The largest absolute Gasteiger partial charge is 0.485 e. The fourth-order valence-electron chi connectivity index (χ4n) is 1.63. The van der Waals surface area contributed by atoms with E-state index in [1.165, 1.54) is 0 Å². The van der Waals surface area contributed by atoms with Crippen LogP contribution in [0.1, 0.15) is 5.82 Å². The van der Waals surface area contributed by atoms with Crippen molar-refractivity contribution in [1.82, 2.24) is 15.1 Å². The minimum absolute atomic E-state index is 0.246. The number of para-hydroxylation sites is 1. The van der Waals surface area contributed by atoms with Crippen molar-refractivity contribution in [3.63, 3.8) is 0 Å². The average molecular weight is 268 g/mol. The van der Waals surface area contributed by atoms with Crippen molar-refractivity contribution in [2.75, 3.05) is 5.73 Å². The molecule has 2 aromatic heterocycles. The Morgan fingerprint density at radius 1 is 1.10 bits per heavy atom. The van der Waals surface area contributed by atoms with Gasteiger partial charge in [-0.2, -0.15) is 4.98 Å². The third kappa shape index (κ3) is 2.74. The predicted octanol–water partition coefficient (Wildman–Crippen LogP) is 2.29. The molecule has 2 heterocycles. The van der Waals surface area contributed by atoms with Crippen LogP contribution in [0.4, 0.5) is 5.82 Å². The van der Waals surface area contributed by atoms with Crippen LogP contribution in [0.15, 0.2) is 53.2 Å². The molecule has 0 amide bonds. The number of ether oxygens (including phenoxy) is 1. The Labute approximate surface area is 115 Å². The monoisotopic (exact) mass is 268 g/mol. The molecule has 2 N–H and O–H groups in total. The first-order chi connectivity index (χ1) is 9.81. The number of anilines is 1. The predicted molar refractivity (Wildman–Crippen MR) is 72.7 cm³/mol. The summed E-state index contributed by atoms with van der Waals surface area (Å²) in [4.78, 5) is 8.22. The molecule has 20 heavy (non-hydrogen) atoms. The maximum absolute atomic E-state index is 5.54. The highest BCUT2D eigenvalue weighted by molar-refractivity contribution is 5.53. The lowest BCUT2D eigenvalue weighted by atomic mass is 10.3. The molecule has 1 aromatic carbocycles. The zero-order valence-electron chi connectivity index (χ0n) is 10.6. The summed E-state index contributed by atoms with van der Waals surface area (Å²) in [6.07, 6.45) is 1.59. The minimum Gasteiger partial charge on any atom is -0.485 e. The lowest BCUT2D eigenvalue weighted by Crippen LogP contribution is -1.97. The van der Waals surface area contributed by atoms with E-state index in [1.54, 1.807) is 18.3 Å². The van der Waals surface area contributed by atoms with E-state index >= 15 is 0 Å². The molecule has 3 rings (SSSR count). The zero-order valence-corrected chi connectivity index (χ0v) is 10.6. The van der Waals surface area contributed by atoms with E-state index in [0.29, 0.717) is 17.5 Å². The lowest BCUT2D eigenvalue weighted by molar-refractivity contribution is 0.287. The van der Waals surface area contributed by atoms with Gasteiger partial charge in [-0.25, -0.2) is 4.98 Å².